The molecule has 1 aromatic rings. The number of ether oxygens (including phenoxy) is 1. The Hall–Kier alpha value is -1.22. The Morgan fingerprint density at radius 3 is 3.00 bits per heavy atom. The van der Waals surface area contributed by atoms with Crippen molar-refractivity contribution in [1.29, 1.82) is 0 Å². The van der Waals surface area contributed by atoms with E-state index in [1.807, 2.05) is 12.2 Å². The lowest BCUT2D eigenvalue weighted by Crippen LogP contribution is -1.95. The molecule has 0 bridgehead atoms. The van der Waals surface area contributed by atoms with E-state index in [9.17, 15) is 0 Å². The molecule has 0 saturated carbocycles. The molecular weight excluding hydrogens is 188 g/mol. The van der Waals surface area contributed by atoms with Gasteiger partial charge in [0.25, 0.3) is 0 Å². The van der Waals surface area contributed by atoms with Crippen LogP contribution >= 0.6 is 11.6 Å². The van der Waals surface area contributed by atoms with Gasteiger partial charge in [-0.25, -0.2) is 4.98 Å². The van der Waals surface area contributed by atoms with Crippen LogP contribution in [0.1, 0.15) is 5.56 Å². The van der Waals surface area contributed by atoms with Gasteiger partial charge < -0.3 is 10.5 Å². The van der Waals surface area contributed by atoms with Crippen LogP contribution in [0.25, 0.3) is 6.08 Å². The highest BCUT2D eigenvalue weighted by molar-refractivity contribution is 6.19. The van der Waals surface area contributed by atoms with E-state index in [-0.39, 0.29) is 0 Å². The fraction of sp³-hybridized carbons (Fsp3) is 0.222. The van der Waals surface area contributed by atoms with Crippen LogP contribution in [0.4, 0.5) is 5.69 Å². The highest BCUT2D eigenvalue weighted by Gasteiger charge is 1.99. The summed E-state index contributed by atoms with van der Waals surface area (Å²) in [5.41, 5.74) is 7.09. The number of rotatable bonds is 3. The lowest BCUT2D eigenvalue weighted by molar-refractivity contribution is 0.400. The fourth-order valence-corrected chi connectivity index (χ4v) is 1.02. The number of nitrogens with zero attached hydrogens (tertiary/aromatic N) is 1. The zero-order valence-electron chi connectivity index (χ0n) is 7.33. The van der Waals surface area contributed by atoms with Crippen molar-refractivity contribution in [1.82, 2.24) is 4.98 Å². The summed E-state index contributed by atoms with van der Waals surface area (Å²) >= 11 is 5.49. The van der Waals surface area contributed by atoms with Gasteiger partial charge in [-0.05, 0) is 11.6 Å². The van der Waals surface area contributed by atoms with Gasteiger partial charge >= 0.3 is 0 Å². The fourth-order valence-electron chi connectivity index (χ4n) is 0.929. The van der Waals surface area contributed by atoms with Gasteiger partial charge in [0.05, 0.1) is 12.8 Å². The molecule has 0 aromatic carbocycles. The second-order valence-corrected chi connectivity index (χ2v) is 2.73. The standard InChI is InChI=1S/C9H11ClN2O/c1-13-9-8(11)5-7(6-12-9)3-2-4-10/h2-3,5-6H,4,11H2,1H3. The van der Waals surface area contributed by atoms with Crippen molar-refractivity contribution in [3.8, 4) is 5.88 Å². The highest BCUT2D eigenvalue weighted by Crippen LogP contribution is 2.18. The van der Waals surface area contributed by atoms with Crippen molar-refractivity contribution in [2.75, 3.05) is 18.7 Å². The molecule has 0 saturated heterocycles. The van der Waals surface area contributed by atoms with Gasteiger partial charge in [-0.3, -0.25) is 0 Å². The van der Waals surface area contributed by atoms with E-state index >= 15 is 0 Å². The van der Waals surface area contributed by atoms with Gasteiger partial charge in [-0.1, -0.05) is 12.2 Å². The van der Waals surface area contributed by atoms with Crippen molar-refractivity contribution in [3.05, 3.63) is 23.9 Å². The topological polar surface area (TPSA) is 48.1 Å². The van der Waals surface area contributed by atoms with Crippen LogP contribution in [-0.2, 0) is 0 Å². The molecule has 13 heavy (non-hydrogen) atoms. The summed E-state index contributed by atoms with van der Waals surface area (Å²) in [4.78, 5) is 4.01. The Morgan fingerprint density at radius 2 is 2.46 bits per heavy atom. The molecule has 4 heteroatoms. The van der Waals surface area contributed by atoms with Gasteiger partial charge in [0.1, 0.15) is 0 Å². The number of allylic oxidation sites excluding steroid dienone is 1. The van der Waals surface area contributed by atoms with Crippen LogP contribution in [0.5, 0.6) is 5.88 Å². The summed E-state index contributed by atoms with van der Waals surface area (Å²) in [6.07, 6.45) is 5.36. The lowest BCUT2D eigenvalue weighted by Gasteiger charge is -2.02. The normalized spacial score (nSPS) is 10.6. The second kappa shape index (κ2) is 4.72. The summed E-state index contributed by atoms with van der Waals surface area (Å²) in [5.74, 6) is 0.925. The quantitative estimate of drug-likeness (QED) is 0.755. The summed E-state index contributed by atoms with van der Waals surface area (Å²) in [7, 11) is 1.53. The van der Waals surface area contributed by atoms with Crippen molar-refractivity contribution in [3.63, 3.8) is 0 Å². The minimum Gasteiger partial charge on any atom is -0.480 e. The monoisotopic (exact) mass is 198 g/mol. The molecule has 1 rings (SSSR count). The molecule has 2 N–H and O–H groups in total. The largest absolute Gasteiger partial charge is 0.480 e. The summed E-state index contributed by atoms with van der Waals surface area (Å²) in [6, 6.07) is 1.79. The minimum atomic E-state index is 0.447. The molecule has 0 unspecified atom stereocenters. The molecule has 0 aliphatic heterocycles. The van der Waals surface area contributed by atoms with Crippen LogP contribution in [0.15, 0.2) is 18.3 Å². The average molecular weight is 199 g/mol. The first-order chi connectivity index (χ1) is 6.27. The minimum absolute atomic E-state index is 0.447. The number of nitrogens with two attached hydrogens (primary N) is 1. The number of alkyl halides is 1. The number of nitrogen functional groups attached to an aromatic ring is 1. The van der Waals surface area contributed by atoms with Crippen LogP contribution < -0.4 is 10.5 Å². The summed E-state index contributed by atoms with van der Waals surface area (Å²) in [6.45, 7) is 0. The number of pyridine rings is 1. The average Bonchev–Trinajstić information content (AvgIpc) is 2.15. The second-order valence-electron chi connectivity index (χ2n) is 2.42. The van der Waals surface area contributed by atoms with E-state index in [4.69, 9.17) is 22.1 Å². The van der Waals surface area contributed by atoms with Crippen molar-refractivity contribution in [2.24, 2.45) is 0 Å². The first kappa shape index (κ1) is 9.86. The van der Waals surface area contributed by atoms with Crippen LogP contribution in [-0.4, -0.2) is 18.0 Å². The molecular formula is C9H11ClN2O. The maximum Gasteiger partial charge on any atom is 0.236 e. The third kappa shape index (κ3) is 2.63. The van der Waals surface area contributed by atoms with Gasteiger partial charge in [-0.15, -0.1) is 11.6 Å². The zero-order chi connectivity index (χ0) is 9.68. The first-order valence-corrected chi connectivity index (χ1v) is 4.33. The van der Waals surface area contributed by atoms with Crippen LogP contribution in [0.2, 0.25) is 0 Å². The molecule has 0 spiro atoms. The third-order valence-corrected chi connectivity index (χ3v) is 1.67. The predicted octanol–water partition coefficient (Wildman–Crippen LogP) is 1.92. The zero-order valence-corrected chi connectivity index (χ0v) is 8.08. The molecule has 0 amide bonds. The van der Waals surface area contributed by atoms with Crippen LogP contribution in [0.3, 0.4) is 0 Å². The van der Waals surface area contributed by atoms with Crippen LogP contribution in [0, 0.1) is 0 Å². The van der Waals surface area contributed by atoms with Gasteiger partial charge in [0, 0.05) is 12.1 Å². The first-order valence-electron chi connectivity index (χ1n) is 3.80. The predicted molar refractivity (Wildman–Crippen MR) is 55.0 cm³/mol. The van der Waals surface area contributed by atoms with E-state index in [1.54, 1.807) is 12.3 Å². The van der Waals surface area contributed by atoms with Gasteiger partial charge in [0.2, 0.25) is 5.88 Å². The van der Waals surface area contributed by atoms with Gasteiger partial charge in [-0.2, -0.15) is 0 Å². The number of aromatic nitrogens is 1. The summed E-state index contributed by atoms with van der Waals surface area (Å²) in [5, 5.41) is 0. The maximum absolute atomic E-state index is 5.65. The Bertz CT molecular complexity index is 312. The highest BCUT2D eigenvalue weighted by atomic mass is 35.5. The maximum atomic E-state index is 5.65. The Kier molecular flexibility index (Phi) is 3.58. The van der Waals surface area contributed by atoms with E-state index in [0.717, 1.165) is 5.56 Å². The number of hydrogen-bond donors (Lipinski definition) is 1. The Labute approximate surface area is 82.2 Å². The number of halogens is 1. The third-order valence-electron chi connectivity index (χ3n) is 1.49. The number of hydrogen-bond acceptors (Lipinski definition) is 3. The number of methoxy groups -OCH3 is 1. The van der Waals surface area contributed by atoms with Crippen molar-refractivity contribution >= 4 is 23.4 Å². The molecule has 0 atom stereocenters. The SMILES string of the molecule is COc1ncc(C=CCCl)cc1N. The molecule has 0 aliphatic carbocycles. The lowest BCUT2D eigenvalue weighted by atomic mass is 10.2. The Morgan fingerprint density at radius 1 is 1.69 bits per heavy atom. The van der Waals surface area contributed by atoms with Crippen molar-refractivity contribution < 1.29 is 4.74 Å². The van der Waals surface area contributed by atoms with E-state index in [0.29, 0.717) is 17.4 Å². The molecule has 3 nitrogen and oxygen atoms in total. The van der Waals surface area contributed by atoms with E-state index in [2.05, 4.69) is 4.98 Å². The molecule has 70 valence electrons. The Balaban J connectivity index is 2.89. The van der Waals surface area contributed by atoms with Crippen molar-refractivity contribution in [2.45, 2.75) is 0 Å². The molecule has 1 heterocycles. The summed E-state index contributed by atoms with van der Waals surface area (Å²) < 4.78 is 4.92. The van der Waals surface area contributed by atoms with E-state index < -0.39 is 0 Å². The van der Waals surface area contributed by atoms with E-state index in [1.165, 1.54) is 7.11 Å². The molecule has 0 fully saturated rings. The molecule has 1 aromatic heterocycles. The molecule has 0 radical (unpaired) electrons. The van der Waals surface area contributed by atoms with Gasteiger partial charge in [0.15, 0.2) is 0 Å². The number of anilines is 1. The molecule has 0 aliphatic rings. The smallest absolute Gasteiger partial charge is 0.236 e.